The maximum absolute atomic E-state index is 12.1. The summed E-state index contributed by atoms with van der Waals surface area (Å²) in [4.78, 5) is 24.0. The molecule has 1 N–H and O–H groups in total. The van der Waals surface area contributed by atoms with Gasteiger partial charge in [-0.25, -0.2) is 0 Å². The van der Waals surface area contributed by atoms with Crippen LogP contribution >= 0.6 is 23.1 Å². The molecular weight excluding hydrogens is 338 g/mol. The molecule has 128 valence electrons. The summed E-state index contributed by atoms with van der Waals surface area (Å²) in [6.07, 6.45) is 0.511. The Morgan fingerprint density at radius 2 is 1.96 bits per heavy atom. The third-order valence-electron chi connectivity index (χ3n) is 3.83. The standard InChI is InChI=1S/C19H23NO2S2/c1-14-3-4-17(11-15(14)2)18(21)5-6-19(22)20-8-10-24-13-16-7-9-23-12-16/h3-4,7,9,11-12H,5-6,8,10,13H2,1-2H3,(H,20,22). The number of hydrogen-bond donors (Lipinski definition) is 1. The van der Waals surface area contributed by atoms with E-state index in [0.29, 0.717) is 12.1 Å². The highest BCUT2D eigenvalue weighted by molar-refractivity contribution is 7.98. The van der Waals surface area contributed by atoms with Gasteiger partial charge in [-0.05, 0) is 53.4 Å². The maximum atomic E-state index is 12.1. The molecule has 0 aliphatic rings. The van der Waals surface area contributed by atoms with Gasteiger partial charge in [0.15, 0.2) is 5.78 Å². The Morgan fingerprint density at radius 1 is 1.12 bits per heavy atom. The van der Waals surface area contributed by atoms with E-state index in [9.17, 15) is 9.59 Å². The molecule has 0 saturated heterocycles. The fourth-order valence-corrected chi connectivity index (χ4v) is 3.78. The highest BCUT2D eigenvalue weighted by Gasteiger charge is 2.10. The first-order valence-corrected chi connectivity index (χ1v) is 10.1. The van der Waals surface area contributed by atoms with Crippen molar-refractivity contribution in [3.05, 3.63) is 57.3 Å². The molecule has 2 rings (SSSR count). The highest BCUT2D eigenvalue weighted by atomic mass is 32.2. The number of amides is 1. The zero-order chi connectivity index (χ0) is 17.4. The molecule has 5 heteroatoms. The van der Waals surface area contributed by atoms with E-state index in [0.717, 1.165) is 17.1 Å². The SMILES string of the molecule is Cc1ccc(C(=O)CCC(=O)NCCSCc2ccsc2)cc1C. The van der Waals surface area contributed by atoms with E-state index in [-0.39, 0.29) is 24.5 Å². The largest absolute Gasteiger partial charge is 0.355 e. The molecule has 24 heavy (non-hydrogen) atoms. The maximum Gasteiger partial charge on any atom is 0.220 e. The summed E-state index contributed by atoms with van der Waals surface area (Å²) in [6, 6.07) is 7.81. The Kier molecular flexibility index (Phi) is 7.53. The van der Waals surface area contributed by atoms with Crippen LogP contribution < -0.4 is 5.32 Å². The number of rotatable bonds is 9. The van der Waals surface area contributed by atoms with Crippen molar-refractivity contribution in [3.63, 3.8) is 0 Å². The molecule has 0 spiro atoms. The normalized spacial score (nSPS) is 10.6. The Labute approximate surface area is 151 Å². The van der Waals surface area contributed by atoms with Gasteiger partial charge in [0.2, 0.25) is 5.91 Å². The summed E-state index contributed by atoms with van der Waals surface area (Å²) in [5.74, 6) is 1.83. The van der Waals surface area contributed by atoms with Crippen LogP contribution in [0.2, 0.25) is 0 Å². The number of carbonyl (C=O) groups excluding carboxylic acids is 2. The molecular formula is C19H23NO2S2. The van der Waals surface area contributed by atoms with Gasteiger partial charge in [0, 0.05) is 36.5 Å². The number of Topliss-reactive ketones (excluding diaryl/α,β-unsaturated/α-hetero) is 1. The first kappa shape index (κ1) is 18.7. The van der Waals surface area contributed by atoms with Gasteiger partial charge < -0.3 is 5.32 Å². The van der Waals surface area contributed by atoms with Gasteiger partial charge in [0.05, 0.1) is 0 Å². The van der Waals surface area contributed by atoms with E-state index in [1.54, 1.807) is 23.1 Å². The van der Waals surface area contributed by atoms with E-state index in [1.165, 1.54) is 11.1 Å². The van der Waals surface area contributed by atoms with Crippen LogP contribution in [0, 0.1) is 13.8 Å². The van der Waals surface area contributed by atoms with Crippen LogP contribution in [0.15, 0.2) is 35.0 Å². The summed E-state index contributed by atoms with van der Waals surface area (Å²) >= 11 is 3.50. The molecule has 1 aromatic heterocycles. The summed E-state index contributed by atoms with van der Waals surface area (Å²) in [7, 11) is 0. The molecule has 0 saturated carbocycles. The summed E-state index contributed by atoms with van der Waals surface area (Å²) in [6.45, 7) is 4.66. The number of nitrogens with one attached hydrogen (secondary N) is 1. The first-order chi connectivity index (χ1) is 11.6. The quantitative estimate of drug-likeness (QED) is 0.533. The van der Waals surface area contributed by atoms with Crippen molar-refractivity contribution in [1.29, 1.82) is 0 Å². The number of thiophene rings is 1. The molecule has 0 aliphatic carbocycles. The molecule has 1 aromatic carbocycles. The topological polar surface area (TPSA) is 46.2 Å². The molecule has 0 unspecified atom stereocenters. The second-order valence-corrected chi connectivity index (χ2v) is 7.64. The van der Waals surface area contributed by atoms with Crippen LogP contribution in [0.3, 0.4) is 0 Å². The van der Waals surface area contributed by atoms with Gasteiger partial charge in [-0.2, -0.15) is 23.1 Å². The fourth-order valence-electron chi connectivity index (χ4n) is 2.20. The molecule has 1 heterocycles. The van der Waals surface area contributed by atoms with E-state index in [1.807, 2.05) is 32.0 Å². The molecule has 0 atom stereocenters. The second kappa shape index (κ2) is 9.64. The van der Waals surface area contributed by atoms with E-state index in [4.69, 9.17) is 0 Å². The van der Waals surface area contributed by atoms with Gasteiger partial charge in [-0.15, -0.1) is 0 Å². The first-order valence-electron chi connectivity index (χ1n) is 8.02. The van der Waals surface area contributed by atoms with E-state index in [2.05, 4.69) is 22.1 Å². The minimum atomic E-state index is -0.0525. The van der Waals surface area contributed by atoms with Crippen molar-refractivity contribution in [2.24, 2.45) is 0 Å². The molecule has 0 bridgehead atoms. The van der Waals surface area contributed by atoms with Gasteiger partial charge in [0.25, 0.3) is 0 Å². The fraction of sp³-hybridized carbons (Fsp3) is 0.368. The van der Waals surface area contributed by atoms with Crippen molar-refractivity contribution in [2.75, 3.05) is 12.3 Å². The van der Waals surface area contributed by atoms with Crippen molar-refractivity contribution < 1.29 is 9.59 Å². The molecule has 0 radical (unpaired) electrons. The summed E-state index contributed by atoms with van der Waals surface area (Å²) in [5.41, 5.74) is 4.30. The average molecular weight is 362 g/mol. The van der Waals surface area contributed by atoms with Crippen molar-refractivity contribution in [1.82, 2.24) is 5.32 Å². The van der Waals surface area contributed by atoms with Crippen LogP contribution in [0.5, 0.6) is 0 Å². The minimum Gasteiger partial charge on any atom is -0.355 e. The van der Waals surface area contributed by atoms with Crippen LogP contribution in [0.4, 0.5) is 0 Å². The highest BCUT2D eigenvalue weighted by Crippen LogP contribution is 2.14. The zero-order valence-corrected chi connectivity index (χ0v) is 15.8. The van der Waals surface area contributed by atoms with Gasteiger partial charge in [-0.1, -0.05) is 12.1 Å². The van der Waals surface area contributed by atoms with Crippen LogP contribution in [0.1, 0.15) is 39.9 Å². The third kappa shape index (κ3) is 6.13. The van der Waals surface area contributed by atoms with E-state index < -0.39 is 0 Å². The number of thioether (sulfide) groups is 1. The predicted molar refractivity (Wildman–Crippen MR) is 103 cm³/mol. The minimum absolute atomic E-state index is 0.0279. The predicted octanol–water partition coefficient (Wildman–Crippen LogP) is 4.38. The van der Waals surface area contributed by atoms with Crippen molar-refractivity contribution >= 4 is 34.8 Å². The lowest BCUT2D eigenvalue weighted by Crippen LogP contribution is -2.26. The number of benzene rings is 1. The lowest BCUT2D eigenvalue weighted by Gasteiger charge is -2.06. The number of hydrogen-bond acceptors (Lipinski definition) is 4. The Morgan fingerprint density at radius 3 is 2.67 bits per heavy atom. The second-order valence-electron chi connectivity index (χ2n) is 5.76. The Balaban J connectivity index is 1.61. The Bertz CT molecular complexity index is 681. The van der Waals surface area contributed by atoms with E-state index >= 15 is 0 Å². The molecule has 0 aliphatic heterocycles. The van der Waals surface area contributed by atoms with Crippen LogP contribution in [-0.4, -0.2) is 24.0 Å². The van der Waals surface area contributed by atoms with Gasteiger partial charge >= 0.3 is 0 Å². The van der Waals surface area contributed by atoms with Crippen LogP contribution in [0.25, 0.3) is 0 Å². The molecule has 1 amide bonds. The lowest BCUT2D eigenvalue weighted by atomic mass is 10.0. The Hall–Kier alpha value is -1.59. The number of carbonyl (C=O) groups is 2. The molecule has 3 nitrogen and oxygen atoms in total. The zero-order valence-electron chi connectivity index (χ0n) is 14.1. The van der Waals surface area contributed by atoms with Gasteiger partial charge in [-0.3, -0.25) is 9.59 Å². The van der Waals surface area contributed by atoms with Gasteiger partial charge in [0.1, 0.15) is 0 Å². The molecule has 2 aromatic rings. The summed E-state index contributed by atoms with van der Waals surface area (Å²) < 4.78 is 0. The average Bonchev–Trinajstić information content (AvgIpc) is 3.08. The van der Waals surface area contributed by atoms with Crippen LogP contribution in [-0.2, 0) is 10.5 Å². The van der Waals surface area contributed by atoms with Crippen molar-refractivity contribution in [2.45, 2.75) is 32.4 Å². The van der Waals surface area contributed by atoms with Crippen molar-refractivity contribution in [3.8, 4) is 0 Å². The monoisotopic (exact) mass is 361 g/mol. The number of aryl methyl sites for hydroxylation is 2. The smallest absolute Gasteiger partial charge is 0.220 e. The lowest BCUT2D eigenvalue weighted by molar-refractivity contribution is -0.120. The molecule has 0 fully saturated rings. The third-order valence-corrected chi connectivity index (χ3v) is 5.59. The number of ketones is 1. The summed E-state index contributed by atoms with van der Waals surface area (Å²) in [5, 5.41) is 7.10.